The summed E-state index contributed by atoms with van der Waals surface area (Å²) in [4.78, 5) is 16.3. The smallest absolute Gasteiger partial charge is 0.295 e. The van der Waals surface area contributed by atoms with Crippen LogP contribution in [0, 0.1) is 0 Å². The van der Waals surface area contributed by atoms with Gasteiger partial charge in [0, 0.05) is 21.5 Å². The average Bonchev–Trinajstić information content (AvgIpc) is 3.31. The monoisotopic (exact) mass is 323 g/mol. The molecule has 0 aliphatic carbocycles. The van der Waals surface area contributed by atoms with Crippen molar-refractivity contribution in [1.82, 2.24) is 25.0 Å². The quantitative estimate of drug-likeness (QED) is 0.606. The van der Waals surface area contributed by atoms with Gasteiger partial charge in [-0.15, -0.1) is 11.3 Å². The minimum absolute atomic E-state index is 0.193. The first-order valence-corrected chi connectivity index (χ1v) is 7.90. The molecule has 3 heterocycles. The van der Waals surface area contributed by atoms with E-state index in [-0.39, 0.29) is 5.69 Å². The van der Waals surface area contributed by atoms with E-state index in [9.17, 15) is 4.79 Å². The fraction of sp³-hybridized carbons (Fsp3) is 0.0625. The van der Waals surface area contributed by atoms with E-state index in [2.05, 4.69) is 44.5 Å². The lowest BCUT2D eigenvalue weighted by Gasteiger charge is -2.02. The van der Waals surface area contributed by atoms with Crippen molar-refractivity contribution < 1.29 is 0 Å². The Labute approximate surface area is 135 Å². The molecular formula is C16H13N5OS. The van der Waals surface area contributed by atoms with Gasteiger partial charge in [-0.3, -0.25) is 10.1 Å². The topological polar surface area (TPSA) is 79.4 Å². The van der Waals surface area contributed by atoms with E-state index >= 15 is 0 Å². The summed E-state index contributed by atoms with van der Waals surface area (Å²) in [5.74, 6) is 0. The second kappa shape index (κ2) is 5.69. The van der Waals surface area contributed by atoms with Crippen LogP contribution in [0.2, 0.25) is 0 Å². The van der Waals surface area contributed by atoms with Gasteiger partial charge in [0.25, 0.3) is 0 Å². The van der Waals surface area contributed by atoms with Crippen molar-refractivity contribution in [1.29, 1.82) is 0 Å². The van der Waals surface area contributed by atoms with Gasteiger partial charge in [0.15, 0.2) is 0 Å². The highest BCUT2D eigenvalue weighted by atomic mass is 32.1. The third-order valence-electron chi connectivity index (χ3n) is 3.55. The van der Waals surface area contributed by atoms with Crippen LogP contribution in [0.15, 0.2) is 59.8 Å². The summed E-state index contributed by atoms with van der Waals surface area (Å²) in [5, 5.41) is 11.0. The Bertz CT molecular complexity index is 980. The maximum atomic E-state index is 11.5. The predicted octanol–water partition coefficient (Wildman–Crippen LogP) is 2.74. The zero-order valence-electron chi connectivity index (χ0n) is 12.1. The lowest BCUT2D eigenvalue weighted by Crippen LogP contribution is -2.18. The number of aromatic amines is 2. The normalized spacial score (nSPS) is 11.0. The number of hydrogen-bond donors (Lipinski definition) is 2. The van der Waals surface area contributed by atoms with Crippen LogP contribution in [-0.2, 0) is 6.54 Å². The van der Waals surface area contributed by atoms with Crippen molar-refractivity contribution in [3.63, 3.8) is 0 Å². The van der Waals surface area contributed by atoms with Crippen molar-refractivity contribution in [2.75, 3.05) is 0 Å². The highest BCUT2D eigenvalue weighted by Gasteiger charge is 2.07. The Hall–Kier alpha value is -2.93. The van der Waals surface area contributed by atoms with E-state index in [0.717, 1.165) is 26.6 Å². The van der Waals surface area contributed by atoms with Gasteiger partial charge in [0.2, 0.25) is 0 Å². The number of thiophene rings is 1. The van der Waals surface area contributed by atoms with Gasteiger partial charge in [0.05, 0.1) is 12.2 Å². The average molecular weight is 323 g/mol. The Morgan fingerprint density at radius 3 is 2.83 bits per heavy atom. The number of benzene rings is 1. The zero-order valence-corrected chi connectivity index (χ0v) is 12.9. The van der Waals surface area contributed by atoms with Crippen molar-refractivity contribution in [3.05, 3.63) is 70.4 Å². The van der Waals surface area contributed by atoms with Crippen LogP contribution in [0.4, 0.5) is 0 Å². The fourth-order valence-electron chi connectivity index (χ4n) is 2.42. The molecule has 0 spiro atoms. The van der Waals surface area contributed by atoms with E-state index in [0.29, 0.717) is 6.54 Å². The van der Waals surface area contributed by atoms with Gasteiger partial charge in [-0.25, -0.2) is 9.48 Å². The highest BCUT2D eigenvalue weighted by Crippen LogP contribution is 2.31. The number of H-pyrrole nitrogens is 2. The van der Waals surface area contributed by atoms with Crippen LogP contribution in [0.5, 0.6) is 0 Å². The number of rotatable bonds is 4. The minimum Gasteiger partial charge on any atom is -0.295 e. The lowest BCUT2D eigenvalue weighted by atomic mass is 10.1. The molecular weight excluding hydrogens is 310 g/mol. The van der Waals surface area contributed by atoms with E-state index in [1.165, 1.54) is 11.0 Å². The molecule has 0 aliphatic heterocycles. The Morgan fingerprint density at radius 2 is 2.04 bits per heavy atom. The second-order valence-corrected chi connectivity index (χ2v) is 6.24. The highest BCUT2D eigenvalue weighted by molar-refractivity contribution is 7.15. The first-order valence-electron chi connectivity index (χ1n) is 7.09. The molecule has 114 valence electrons. The SMILES string of the molecule is O=c1[nH]cnn1Cc1ccc(-c2cccc(-c3ccn[nH]3)c2)s1. The molecule has 4 rings (SSSR count). The molecule has 0 aliphatic rings. The molecule has 23 heavy (non-hydrogen) atoms. The standard InChI is InChI=1S/C16H13N5OS/c22-16-17-10-19-21(16)9-13-4-5-15(23-13)12-3-1-2-11(8-12)14-6-7-18-20-14/h1-8,10H,9H2,(H,18,20)(H,17,19,22). The van der Waals surface area contributed by atoms with Crippen molar-refractivity contribution in [3.8, 4) is 21.7 Å². The molecule has 3 aromatic heterocycles. The Balaban J connectivity index is 1.63. The summed E-state index contributed by atoms with van der Waals surface area (Å²) < 4.78 is 1.41. The molecule has 0 atom stereocenters. The maximum absolute atomic E-state index is 11.5. The predicted molar refractivity (Wildman–Crippen MR) is 89.3 cm³/mol. The van der Waals surface area contributed by atoms with E-state index < -0.39 is 0 Å². The van der Waals surface area contributed by atoms with Crippen LogP contribution in [0.1, 0.15) is 4.88 Å². The molecule has 0 amide bonds. The van der Waals surface area contributed by atoms with E-state index in [4.69, 9.17) is 0 Å². The van der Waals surface area contributed by atoms with Crippen LogP contribution < -0.4 is 5.69 Å². The van der Waals surface area contributed by atoms with Gasteiger partial charge >= 0.3 is 5.69 Å². The third kappa shape index (κ3) is 2.74. The number of nitrogens with one attached hydrogen (secondary N) is 2. The van der Waals surface area contributed by atoms with Gasteiger partial charge in [-0.2, -0.15) is 10.2 Å². The van der Waals surface area contributed by atoms with Gasteiger partial charge < -0.3 is 0 Å². The first-order chi connectivity index (χ1) is 11.3. The van der Waals surface area contributed by atoms with Crippen molar-refractivity contribution >= 4 is 11.3 Å². The van der Waals surface area contributed by atoms with Crippen molar-refractivity contribution in [2.24, 2.45) is 0 Å². The van der Waals surface area contributed by atoms with Crippen LogP contribution >= 0.6 is 11.3 Å². The van der Waals surface area contributed by atoms with Gasteiger partial charge in [0.1, 0.15) is 6.33 Å². The second-order valence-electron chi connectivity index (χ2n) is 5.07. The lowest BCUT2D eigenvalue weighted by molar-refractivity contribution is 0.666. The summed E-state index contributed by atoms with van der Waals surface area (Å²) in [7, 11) is 0. The van der Waals surface area contributed by atoms with Gasteiger partial charge in [-0.1, -0.05) is 18.2 Å². The molecule has 0 bridgehead atoms. The van der Waals surface area contributed by atoms with Crippen LogP contribution in [0.3, 0.4) is 0 Å². The number of hydrogen-bond acceptors (Lipinski definition) is 4. The number of aromatic nitrogens is 5. The molecule has 0 saturated carbocycles. The summed E-state index contributed by atoms with van der Waals surface area (Å²) in [6.45, 7) is 0.479. The Morgan fingerprint density at radius 1 is 1.13 bits per heavy atom. The fourth-order valence-corrected chi connectivity index (χ4v) is 3.40. The molecule has 6 nitrogen and oxygen atoms in total. The van der Waals surface area contributed by atoms with Crippen LogP contribution in [-0.4, -0.2) is 25.0 Å². The summed E-state index contributed by atoms with van der Waals surface area (Å²) in [6, 6.07) is 14.3. The molecule has 0 radical (unpaired) electrons. The minimum atomic E-state index is -0.193. The number of nitrogens with zero attached hydrogens (tertiary/aromatic N) is 3. The molecule has 7 heteroatoms. The maximum Gasteiger partial charge on any atom is 0.343 e. The summed E-state index contributed by atoms with van der Waals surface area (Å²) in [6.07, 6.45) is 3.15. The first kappa shape index (κ1) is 13.7. The summed E-state index contributed by atoms with van der Waals surface area (Å²) >= 11 is 1.66. The summed E-state index contributed by atoms with van der Waals surface area (Å²) in [5.41, 5.74) is 3.04. The third-order valence-corrected chi connectivity index (χ3v) is 4.66. The molecule has 4 aromatic rings. The molecule has 0 saturated heterocycles. The van der Waals surface area contributed by atoms with Crippen LogP contribution in [0.25, 0.3) is 21.7 Å². The van der Waals surface area contributed by atoms with Gasteiger partial charge in [-0.05, 0) is 29.8 Å². The largest absolute Gasteiger partial charge is 0.343 e. The molecule has 2 N–H and O–H groups in total. The van der Waals surface area contributed by atoms with E-state index in [1.807, 2.05) is 18.2 Å². The molecule has 0 fully saturated rings. The Kier molecular flexibility index (Phi) is 3.39. The van der Waals surface area contributed by atoms with Crippen molar-refractivity contribution in [2.45, 2.75) is 6.54 Å². The molecule has 1 aromatic carbocycles. The zero-order chi connectivity index (χ0) is 15.6. The molecule has 0 unspecified atom stereocenters. The van der Waals surface area contributed by atoms with E-state index in [1.54, 1.807) is 17.5 Å².